The van der Waals surface area contributed by atoms with Gasteiger partial charge in [0.15, 0.2) is 0 Å². The molecule has 0 atom stereocenters. The smallest absolute Gasteiger partial charge is 0.251 e. The minimum Gasteiger partial charge on any atom is -0.251 e. The molecule has 0 N–H and O–H groups in total. The molecule has 0 aliphatic heterocycles. The summed E-state index contributed by atoms with van der Waals surface area (Å²) < 4.78 is 54.4. The van der Waals surface area contributed by atoms with Crippen LogP contribution < -0.4 is 0 Å². The topological polar surface area (TPSA) is 38.7 Å². The number of hydrogen-bond acceptors (Lipinski definition) is 3. The van der Waals surface area contributed by atoms with Gasteiger partial charge in [-0.25, -0.2) is 18.7 Å². The predicted molar refractivity (Wildman–Crippen MR) is 66.7 cm³/mol. The van der Waals surface area contributed by atoms with Gasteiger partial charge in [-0.2, -0.15) is 8.78 Å². The SMILES string of the molecule is Fc1ccc(C(F)(F)c2ncc3ccc(F)cc3n2)nc1. The molecule has 0 unspecified atom stereocenters. The molecule has 0 fully saturated rings. The molecule has 0 aliphatic rings. The number of hydrogen-bond donors (Lipinski definition) is 0. The van der Waals surface area contributed by atoms with Gasteiger partial charge in [0.1, 0.15) is 17.3 Å². The molecular formula is C14H7F4N3. The van der Waals surface area contributed by atoms with Crippen molar-refractivity contribution in [1.82, 2.24) is 15.0 Å². The molecular weight excluding hydrogens is 286 g/mol. The van der Waals surface area contributed by atoms with Crippen LogP contribution in [0.1, 0.15) is 11.5 Å². The highest BCUT2D eigenvalue weighted by Gasteiger charge is 2.39. The van der Waals surface area contributed by atoms with Crippen molar-refractivity contribution in [3.05, 3.63) is 65.9 Å². The van der Waals surface area contributed by atoms with E-state index in [4.69, 9.17) is 0 Å². The Morgan fingerprint density at radius 2 is 1.62 bits per heavy atom. The zero-order valence-electron chi connectivity index (χ0n) is 10.4. The van der Waals surface area contributed by atoms with Gasteiger partial charge in [-0.15, -0.1) is 0 Å². The summed E-state index contributed by atoms with van der Waals surface area (Å²) in [5.41, 5.74) is -0.624. The standard InChI is InChI=1S/C14H7F4N3/c15-9-2-1-8-6-20-13(21-11(8)5-9)14(17,18)12-4-3-10(16)7-19-12/h1-7H. The normalized spacial score (nSPS) is 11.8. The van der Waals surface area contributed by atoms with Crippen LogP contribution in [0.25, 0.3) is 10.9 Å². The van der Waals surface area contributed by atoms with E-state index >= 15 is 0 Å². The molecule has 0 bridgehead atoms. The number of pyridine rings is 1. The van der Waals surface area contributed by atoms with Crippen molar-refractivity contribution in [2.75, 3.05) is 0 Å². The van der Waals surface area contributed by atoms with Crippen molar-refractivity contribution in [1.29, 1.82) is 0 Å². The van der Waals surface area contributed by atoms with E-state index < -0.39 is 29.1 Å². The minimum atomic E-state index is -3.60. The number of nitrogens with zero attached hydrogens (tertiary/aromatic N) is 3. The van der Waals surface area contributed by atoms with E-state index in [0.717, 1.165) is 18.2 Å². The van der Waals surface area contributed by atoms with Crippen molar-refractivity contribution >= 4 is 10.9 Å². The fourth-order valence-electron chi connectivity index (χ4n) is 1.82. The highest BCUT2D eigenvalue weighted by molar-refractivity contribution is 5.77. The second kappa shape index (κ2) is 4.76. The average molecular weight is 293 g/mol. The largest absolute Gasteiger partial charge is 0.348 e. The first-order chi connectivity index (χ1) is 9.96. The first kappa shape index (κ1) is 13.4. The lowest BCUT2D eigenvalue weighted by Gasteiger charge is -2.14. The van der Waals surface area contributed by atoms with E-state index in [1.54, 1.807) is 0 Å². The van der Waals surface area contributed by atoms with Crippen LogP contribution >= 0.6 is 0 Å². The average Bonchev–Trinajstić information content (AvgIpc) is 2.47. The second-order valence-corrected chi connectivity index (χ2v) is 4.33. The van der Waals surface area contributed by atoms with Crippen LogP contribution in [0.4, 0.5) is 17.6 Å². The molecule has 0 aliphatic carbocycles. The lowest BCUT2D eigenvalue weighted by Crippen LogP contribution is -2.20. The van der Waals surface area contributed by atoms with Crippen molar-refractivity contribution < 1.29 is 17.6 Å². The Bertz CT molecular complexity index is 803. The summed E-state index contributed by atoms with van der Waals surface area (Å²) in [5.74, 6) is -5.74. The number of benzene rings is 1. The van der Waals surface area contributed by atoms with Crippen LogP contribution in [-0.2, 0) is 5.92 Å². The van der Waals surface area contributed by atoms with Crippen molar-refractivity contribution in [2.45, 2.75) is 5.92 Å². The maximum atomic E-state index is 14.2. The van der Waals surface area contributed by atoms with Gasteiger partial charge in [-0.05, 0) is 24.3 Å². The second-order valence-electron chi connectivity index (χ2n) is 4.33. The van der Waals surface area contributed by atoms with E-state index in [2.05, 4.69) is 15.0 Å². The summed E-state index contributed by atoms with van der Waals surface area (Å²) >= 11 is 0. The Morgan fingerprint density at radius 1 is 0.857 bits per heavy atom. The van der Waals surface area contributed by atoms with Gasteiger partial charge in [0.05, 0.1) is 11.7 Å². The van der Waals surface area contributed by atoms with Gasteiger partial charge in [0.2, 0.25) is 5.82 Å². The first-order valence-corrected chi connectivity index (χ1v) is 5.89. The summed E-state index contributed by atoms with van der Waals surface area (Å²) in [6.45, 7) is 0. The number of alkyl halides is 2. The summed E-state index contributed by atoms with van der Waals surface area (Å²) in [4.78, 5) is 10.6. The molecule has 2 aromatic heterocycles. The fraction of sp³-hybridized carbons (Fsp3) is 0.0714. The van der Waals surface area contributed by atoms with E-state index in [0.29, 0.717) is 11.6 Å². The third-order valence-electron chi connectivity index (χ3n) is 2.87. The van der Waals surface area contributed by atoms with Crippen LogP contribution in [0, 0.1) is 11.6 Å². The first-order valence-electron chi connectivity index (χ1n) is 5.89. The van der Waals surface area contributed by atoms with Crippen LogP contribution in [0.15, 0.2) is 42.7 Å². The quantitative estimate of drug-likeness (QED) is 0.679. The zero-order chi connectivity index (χ0) is 15.0. The molecule has 21 heavy (non-hydrogen) atoms. The highest BCUT2D eigenvalue weighted by atomic mass is 19.3. The maximum Gasteiger partial charge on any atom is 0.348 e. The molecule has 0 saturated heterocycles. The van der Waals surface area contributed by atoms with Gasteiger partial charge < -0.3 is 0 Å². The number of halogens is 4. The number of aromatic nitrogens is 3. The third-order valence-corrected chi connectivity index (χ3v) is 2.87. The molecule has 0 spiro atoms. The van der Waals surface area contributed by atoms with Gasteiger partial charge in [-0.3, -0.25) is 4.98 Å². The Hall–Kier alpha value is -2.57. The van der Waals surface area contributed by atoms with Gasteiger partial charge in [0.25, 0.3) is 0 Å². The van der Waals surface area contributed by atoms with Gasteiger partial charge >= 0.3 is 5.92 Å². The summed E-state index contributed by atoms with van der Waals surface area (Å²) in [7, 11) is 0. The van der Waals surface area contributed by atoms with Crippen LogP contribution in [0.2, 0.25) is 0 Å². The number of rotatable bonds is 2. The summed E-state index contributed by atoms with van der Waals surface area (Å²) in [6.07, 6.45) is 1.86. The summed E-state index contributed by atoms with van der Waals surface area (Å²) in [5, 5.41) is 0.433. The van der Waals surface area contributed by atoms with E-state index in [1.807, 2.05) is 0 Å². The molecule has 7 heteroatoms. The molecule has 0 amide bonds. The lowest BCUT2D eigenvalue weighted by molar-refractivity contribution is 0.0283. The maximum absolute atomic E-state index is 14.2. The van der Waals surface area contributed by atoms with E-state index in [1.165, 1.54) is 18.3 Å². The van der Waals surface area contributed by atoms with Crippen LogP contribution in [0.5, 0.6) is 0 Å². The Labute approximate surface area is 116 Å². The van der Waals surface area contributed by atoms with Crippen molar-refractivity contribution in [2.24, 2.45) is 0 Å². The number of fused-ring (bicyclic) bond motifs is 1. The van der Waals surface area contributed by atoms with Crippen LogP contribution in [0.3, 0.4) is 0 Å². The van der Waals surface area contributed by atoms with Crippen molar-refractivity contribution in [3.63, 3.8) is 0 Å². The monoisotopic (exact) mass is 293 g/mol. The Kier molecular flexibility index (Phi) is 3.04. The lowest BCUT2D eigenvalue weighted by atomic mass is 10.2. The molecule has 0 radical (unpaired) electrons. The summed E-state index contributed by atoms with van der Waals surface area (Å²) in [6, 6.07) is 5.34. The molecule has 2 heterocycles. The van der Waals surface area contributed by atoms with Gasteiger partial charge in [-0.1, -0.05) is 0 Å². The molecule has 3 rings (SSSR count). The molecule has 106 valence electrons. The fourth-order valence-corrected chi connectivity index (χ4v) is 1.82. The van der Waals surface area contributed by atoms with Crippen molar-refractivity contribution in [3.8, 4) is 0 Å². The van der Waals surface area contributed by atoms with Crippen LogP contribution in [-0.4, -0.2) is 15.0 Å². The molecule has 1 aromatic carbocycles. The Morgan fingerprint density at radius 3 is 2.33 bits per heavy atom. The van der Waals surface area contributed by atoms with Gasteiger partial charge in [0, 0.05) is 17.6 Å². The zero-order valence-corrected chi connectivity index (χ0v) is 10.4. The van der Waals surface area contributed by atoms with E-state index in [9.17, 15) is 17.6 Å². The predicted octanol–water partition coefficient (Wildman–Crippen LogP) is 3.44. The Balaban J connectivity index is 2.11. The highest BCUT2D eigenvalue weighted by Crippen LogP contribution is 2.32. The molecule has 3 aromatic rings. The molecule has 3 nitrogen and oxygen atoms in total. The van der Waals surface area contributed by atoms with E-state index in [-0.39, 0.29) is 5.52 Å². The molecule has 0 saturated carbocycles. The third kappa shape index (κ3) is 2.42. The minimum absolute atomic E-state index is 0.0572.